The third-order valence-electron chi connectivity index (χ3n) is 4.64. The second-order valence-electron chi connectivity index (χ2n) is 6.96. The Balaban J connectivity index is 1.96. The lowest BCUT2D eigenvalue weighted by Crippen LogP contribution is -2.12. The van der Waals surface area contributed by atoms with Crippen LogP contribution < -0.4 is 0 Å². The summed E-state index contributed by atoms with van der Waals surface area (Å²) in [4.78, 5) is 16.3. The smallest absolute Gasteiger partial charge is 0.330 e. The van der Waals surface area contributed by atoms with Gasteiger partial charge >= 0.3 is 5.97 Å². The maximum absolute atomic E-state index is 11.6. The Hall–Kier alpha value is -2.17. The molecule has 1 heterocycles. The zero-order valence-electron chi connectivity index (χ0n) is 16.3. The van der Waals surface area contributed by atoms with Crippen LogP contribution in [0.3, 0.4) is 0 Å². The van der Waals surface area contributed by atoms with Crippen molar-refractivity contribution in [2.24, 2.45) is 0 Å². The summed E-state index contributed by atoms with van der Waals surface area (Å²) < 4.78 is 4.99. The Morgan fingerprint density at radius 3 is 2.78 bits per heavy atom. The largest absolute Gasteiger partial charge is 0.463 e. The minimum atomic E-state index is -0.284. The highest BCUT2D eigenvalue weighted by Gasteiger charge is 2.20. The van der Waals surface area contributed by atoms with E-state index in [4.69, 9.17) is 4.74 Å². The summed E-state index contributed by atoms with van der Waals surface area (Å²) in [6, 6.07) is 11.0. The lowest BCUT2D eigenvalue weighted by molar-refractivity contribution is -0.137. The molecular weight excluding hydrogens is 354 g/mol. The number of nitrogens with zero attached hydrogens (tertiary/aromatic N) is 1. The monoisotopic (exact) mass is 381 g/mol. The maximum atomic E-state index is 11.6. The van der Waals surface area contributed by atoms with Crippen molar-refractivity contribution >= 4 is 29.0 Å². The number of hydrogen-bond acceptors (Lipinski definition) is 4. The molecule has 142 valence electrons. The van der Waals surface area contributed by atoms with Gasteiger partial charge in [-0.1, -0.05) is 30.3 Å². The lowest BCUT2D eigenvalue weighted by Gasteiger charge is -2.11. The van der Waals surface area contributed by atoms with Crippen LogP contribution in [0.25, 0.3) is 11.6 Å². The molecule has 27 heavy (non-hydrogen) atoms. The number of aryl methyl sites for hydroxylation is 2. The van der Waals surface area contributed by atoms with Gasteiger partial charge in [0, 0.05) is 22.4 Å². The SMILES string of the molecule is CCOC(=O)C=Cc1cc2c(s1)C(=CCCN(C)C)c1ccccc1CC2. The predicted molar refractivity (Wildman–Crippen MR) is 114 cm³/mol. The van der Waals surface area contributed by atoms with Crippen LogP contribution in [0, 0.1) is 0 Å². The van der Waals surface area contributed by atoms with Crippen LogP contribution in [0.4, 0.5) is 0 Å². The van der Waals surface area contributed by atoms with Crippen molar-refractivity contribution in [2.45, 2.75) is 26.2 Å². The van der Waals surface area contributed by atoms with Gasteiger partial charge in [-0.15, -0.1) is 11.3 Å². The van der Waals surface area contributed by atoms with E-state index in [1.807, 2.05) is 13.0 Å². The third-order valence-corrected chi connectivity index (χ3v) is 5.81. The summed E-state index contributed by atoms with van der Waals surface area (Å²) in [5.41, 5.74) is 5.47. The van der Waals surface area contributed by atoms with Gasteiger partial charge in [-0.25, -0.2) is 4.79 Å². The molecule has 0 aliphatic heterocycles. The number of esters is 1. The lowest BCUT2D eigenvalue weighted by atomic mass is 9.98. The van der Waals surface area contributed by atoms with Gasteiger partial charge in [-0.05, 0) is 74.7 Å². The number of thiophene rings is 1. The zero-order chi connectivity index (χ0) is 19.2. The average molecular weight is 382 g/mol. The first-order valence-corrected chi connectivity index (χ1v) is 10.3. The fourth-order valence-corrected chi connectivity index (χ4v) is 4.52. The predicted octanol–water partition coefficient (Wildman–Crippen LogP) is 4.81. The van der Waals surface area contributed by atoms with Gasteiger partial charge in [-0.2, -0.15) is 0 Å². The normalized spacial score (nSPS) is 15.0. The Kier molecular flexibility index (Phi) is 6.64. The van der Waals surface area contributed by atoms with E-state index >= 15 is 0 Å². The summed E-state index contributed by atoms with van der Waals surface area (Å²) in [6.45, 7) is 3.25. The zero-order valence-corrected chi connectivity index (χ0v) is 17.1. The van der Waals surface area contributed by atoms with Crippen LogP contribution in [0.1, 0.15) is 39.8 Å². The molecule has 4 heteroatoms. The van der Waals surface area contributed by atoms with Crippen LogP contribution in [-0.4, -0.2) is 38.1 Å². The van der Waals surface area contributed by atoms with E-state index in [2.05, 4.69) is 55.4 Å². The molecule has 0 spiro atoms. The molecule has 0 atom stereocenters. The highest BCUT2D eigenvalue weighted by Crippen LogP contribution is 2.39. The maximum Gasteiger partial charge on any atom is 0.330 e. The van der Waals surface area contributed by atoms with Gasteiger partial charge in [-0.3, -0.25) is 0 Å². The van der Waals surface area contributed by atoms with E-state index in [9.17, 15) is 4.79 Å². The highest BCUT2D eigenvalue weighted by atomic mass is 32.1. The van der Waals surface area contributed by atoms with Gasteiger partial charge in [0.2, 0.25) is 0 Å². The van der Waals surface area contributed by atoms with Crippen LogP contribution in [0.15, 0.2) is 42.5 Å². The van der Waals surface area contributed by atoms with Gasteiger partial charge < -0.3 is 9.64 Å². The molecule has 2 aromatic rings. The van der Waals surface area contributed by atoms with Crippen molar-refractivity contribution in [3.05, 3.63) is 68.9 Å². The molecular formula is C23H27NO2S. The fourth-order valence-electron chi connectivity index (χ4n) is 3.35. The molecule has 0 bridgehead atoms. The van der Waals surface area contributed by atoms with E-state index in [0.29, 0.717) is 6.61 Å². The number of rotatable bonds is 6. The summed E-state index contributed by atoms with van der Waals surface area (Å²) in [5.74, 6) is -0.284. The molecule has 0 saturated carbocycles. The molecule has 3 rings (SSSR count). The van der Waals surface area contributed by atoms with E-state index in [-0.39, 0.29) is 5.97 Å². The first-order valence-electron chi connectivity index (χ1n) is 9.49. The Morgan fingerprint density at radius 1 is 1.22 bits per heavy atom. The number of fused-ring (bicyclic) bond motifs is 2. The van der Waals surface area contributed by atoms with Gasteiger partial charge in [0.15, 0.2) is 0 Å². The minimum Gasteiger partial charge on any atom is -0.463 e. The van der Waals surface area contributed by atoms with Crippen molar-refractivity contribution in [1.82, 2.24) is 4.90 Å². The second-order valence-corrected chi connectivity index (χ2v) is 8.04. The highest BCUT2D eigenvalue weighted by molar-refractivity contribution is 7.14. The minimum absolute atomic E-state index is 0.284. The van der Waals surface area contributed by atoms with Gasteiger partial charge in [0.25, 0.3) is 0 Å². The molecule has 1 aliphatic rings. The number of carbonyl (C=O) groups is 1. The molecule has 0 N–H and O–H groups in total. The van der Waals surface area contributed by atoms with Crippen LogP contribution >= 0.6 is 11.3 Å². The van der Waals surface area contributed by atoms with Gasteiger partial charge in [0.05, 0.1) is 6.61 Å². The number of carbonyl (C=O) groups excluding carboxylic acids is 1. The quantitative estimate of drug-likeness (QED) is 0.531. The molecule has 1 aromatic carbocycles. The first kappa shape index (κ1) is 19.6. The molecule has 0 radical (unpaired) electrons. The molecule has 0 amide bonds. The van der Waals surface area contributed by atoms with Crippen LogP contribution in [-0.2, 0) is 22.4 Å². The van der Waals surface area contributed by atoms with Gasteiger partial charge in [0.1, 0.15) is 0 Å². The van der Waals surface area contributed by atoms with Crippen molar-refractivity contribution in [2.75, 3.05) is 27.2 Å². The van der Waals surface area contributed by atoms with Crippen LogP contribution in [0.2, 0.25) is 0 Å². The van der Waals surface area contributed by atoms with E-state index in [1.54, 1.807) is 11.3 Å². The van der Waals surface area contributed by atoms with Crippen molar-refractivity contribution in [3.63, 3.8) is 0 Å². The fraction of sp³-hybridized carbons (Fsp3) is 0.348. The molecule has 1 aliphatic carbocycles. The van der Waals surface area contributed by atoms with Crippen molar-refractivity contribution < 1.29 is 9.53 Å². The van der Waals surface area contributed by atoms with Crippen molar-refractivity contribution in [1.29, 1.82) is 0 Å². The van der Waals surface area contributed by atoms with E-state index in [0.717, 1.165) is 30.7 Å². The molecule has 0 fully saturated rings. The average Bonchev–Trinajstić information content (AvgIpc) is 2.99. The standard InChI is InChI=1S/C23H27NO2S/c1-4-26-22(25)14-13-19-16-18-12-11-17-8-5-6-9-20(17)21(23(18)27-19)10-7-15-24(2)3/h5-6,8-10,13-14,16H,4,7,11-12,15H2,1-3H3. The van der Waals surface area contributed by atoms with E-state index < -0.39 is 0 Å². The Bertz CT molecular complexity index is 861. The summed E-state index contributed by atoms with van der Waals surface area (Å²) >= 11 is 1.76. The molecule has 1 aromatic heterocycles. The summed E-state index contributed by atoms with van der Waals surface area (Å²) in [7, 11) is 4.21. The number of ether oxygens (including phenoxy) is 1. The Morgan fingerprint density at radius 2 is 2.00 bits per heavy atom. The first-order chi connectivity index (χ1) is 13.1. The number of benzene rings is 1. The molecule has 3 nitrogen and oxygen atoms in total. The molecule has 0 unspecified atom stereocenters. The van der Waals surface area contributed by atoms with Crippen molar-refractivity contribution in [3.8, 4) is 0 Å². The second kappa shape index (κ2) is 9.16. The topological polar surface area (TPSA) is 29.5 Å². The molecule has 0 saturated heterocycles. The third kappa shape index (κ3) is 4.96. The van der Waals surface area contributed by atoms with Crippen LogP contribution in [0.5, 0.6) is 0 Å². The summed E-state index contributed by atoms with van der Waals surface area (Å²) in [6.07, 6.45) is 8.87. The van der Waals surface area contributed by atoms with E-state index in [1.165, 1.54) is 33.2 Å². The Labute approximate surface area is 166 Å². The number of hydrogen-bond donors (Lipinski definition) is 0. The summed E-state index contributed by atoms with van der Waals surface area (Å²) in [5, 5.41) is 0.